The molecule has 8 aromatic rings. The van der Waals surface area contributed by atoms with E-state index in [1.165, 1.54) is 66.8 Å². The fraction of sp³-hybridized carbons (Fsp3) is 0.238. The van der Waals surface area contributed by atoms with E-state index < -0.39 is 5.41 Å². The summed E-state index contributed by atoms with van der Waals surface area (Å²) in [4.78, 5) is 4.79. The van der Waals surface area contributed by atoms with Gasteiger partial charge in [0.25, 0.3) is 0 Å². The van der Waals surface area contributed by atoms with Gasteiger partial charge in [-0.3, -0.25) is 0 Å². The highest BCUT2D eigenvalue weighted by atomic mass is 16.5. The molecule has 67 heavy (non-hydrogen) atoms. The molecule has 1 aliphatic rings. The maximum atomic E-state index is 6.15. The van der Waals surface area contributed by atoms with E-state index in [0.717, 1.165) is 71.3 Å². The Labute approximate surface area is 399 Å². The molecule has 0 heterocycles. The third-order valence-corrected chi connectivity index (χ3v) is 13.2. The summed E-state index contributed by atoms with van der Waals surface area (Å²) in [5.74, 6) is 1.78. The van der Waals surface area contributed by atoms with Gasteiger partial charge in [-0.15, -0.1) is 0 Å². The highest BCUT2D eigenvalue weighted by Gasteiger charge is 2.47. The lowest BCUT2D eigenvalue weighted by Gasteiger charge is -2.36. The van der Waals surface area contributed by atoms with Gasteiger partial charge in [0, 0.05) is 34.1 Å². The number of rotatable bonds is 16. The summed E-state index contributed by atoms with van der Waals surface area (Å²) in [5.41, 5.74) is 20.8. The Hall–Kier alpha value is -7.04. The molecule has 0 atom stereocenters. The summed E-state index contributed by atoms with van der Waals surface area (Å²) in [6.45, 7) is 19.1. The van der Waals surface area contributed by atoms with Crippen LogP contribution >= 0.6 is 0 Å². The molecule has 0 unspecified atom stereocenters. The van der Waals surface area contributed by atoms with E-state index >= 15 is 0 Å². The second kappa shape index (κ2) is 19.4. The van der Waals surface area contributed by atoms with Gasteiger partial charge in [-0.05, 0) is 185 Å². The van der Waals surface area contributed by atoms with Crippen LogP contribution in [0.5, 0.6) is 11.5 Å². The van der Waals surface area contributed by atoms with Crippen LogP contribution in [0.15, 0.2) is 170 Å². The second-order valence-electron chi connectivity index (χ2n) is 18.7. The van der Waals surface area contributed by atoms with Crippen LogP contribution in [0.25, 0.3) is 11.1 Å². The van der Waals surface area contributed by atoms with Crippen LogP contribution in [0.1, 0.15) is 95.2 Å². The van der Waals surface area contributed by atoms with Crippen LogP contribution in [0.4, 0.5) is 34.1 Å². The molecule has 0 saturated heterocycles. The van der Waals surface area contributed by atoms with E-state index in [-0.39, 0.29) is 0 Å². The smallest absolute Gasteiger partial charge is 0.119 e. The largest absolute Gasteiger partial charge is 0.494 e. The Bertz CT molecular complexity index is 2740. The second-order valence-corrected chi connectivity index (χ2v) is 18.7. The van der Waals surface area contributed by atoms with Crippen molar-refractivity contribution in [2.75, 3.05) is 23.0 Å². The minimum atomic E-state index is -0.671. The third kappa shape index (κ3) is 9.10. The van der Waals surface area contributed by atoms with Crippen molar-refractivity contribution in [3.8, 4) is 22.6 Å². The van der Waals surface area contributed by atoms with Crippen LogP contribution in [-0.2, 0) is 5.41 Å². The lowest BCUT2D eigenvalue weighted by molar-refractivity contribution is 0.309. The van der Waals surface area contributed by atoms with Crippen molar-refractivity contribution in [3.63, 3.8) is 0 Å². The molecule has 0 spiro atoms. The standard InChI is InChI=1S/C63H64N2O2/c1-9-11-33-66-57-27-21-53(22-28-57)64(51-17-13-43(3)14-18-51)55-25-31-59-60-32-26-56(65(52-19-15-44(4)16-20-52)54-23-29-58(30-24-54)67-34-12-10-2)42-62(60)63(61(59)41-55,49-37-45(5)35-46(6)38-49)50-39-47(7)36-48(8)40-50/h13-32,35-42H,9-12,33-34H2,1-8H3. The first-order valence-corrected chi connectivity index (χ1v) is 24.2. The fourth-order valence-electron chi connectivity index (χ4n) is 10.1. The zero-order valence-electron chi connectivity index (χ0n) is 40.6. The number of benzene rings is 8. The molecule has 0 N–H and O–H groups in total. The molecule has 0 aliphatic heterocycles. The first-order chi connectivity index (χ1) is 32.5. The summed E-state index contributed by atoms with van der Waals surface area (Å²) < 4.78 is 12.3. The number of hydrogen-bond acceptors (Lipinski definition) is 4. The fourth-order valence-corrected chi connectivity index (χ4v) is 10.1. The van der Waals surface area contributed by atoms with Gasteiger partial charge in [-0.2, -0.15) is 0 Å². The van der Waals surface area contributed by atoms with E-state index in [1.807, 2.05) is 0 Å². The van der Waals surface area contributed by atoms with Crippen molar-refractivity contribution in [1.82, 2.24) is 0 Å². The van der Waals surface area contributed by atoms with Crippen molar-refractivity contribution in [1.29, 1.82) is 0 Å². The molecule has 0 aromatic heterocycles. The molecule has 4 nitrogen and oxygen atoms in total. The molecule has 0 amide bonds. The van der Waals surface area contributed by atoms with Crippen LogP contribution in [0.2, 0.25) is 0 Å². The van der Waals surface area contributed by atoms with Crippen molar-refractivity contribution in [2.24, 2.45) is 0 Å². The molecule has 0 bridgehead atoms. The minimum absolute atomic E-state index is 0.671. The monoisotopic (exact) mass is 880 g/mol. The molecule has 4 heteroatoms. The molecule has 0 radical (unpaired) electrons. The Morgan fingerprint density at radius 1 is 0.343 bits per heavy atom. The molecule has 9 rings (SSSR count). The molecule has 8 aromatic carbocycles. The van der Waals surface area contributed by atoms with Crippen molar-refractivity contribution in [3.05, 3.63) is 225 Å². The van der Waals surface area contributed by atoms with Crippen molar-refractivity contribution in [2.45, 2.75) is 86.5 Å². The first-order valence-electron chi connectivity index (χ1n) is 24.2. The summed E-state index contributed by atoms with van der Waals surface area (Å²) in [5, 5.41) is 0. The van der Waals surface area contributed by atoms with Crippen LogP contribution in [0, 0.1) is 41.5 Å². The minimum Gasteiger partial charge on any atom is -0.494 e. The number of ether oxygens (including phenoxy) is 2. The zero-order valence-corrected chi connectivity index (χ0v) is 40.6. The SMILES string of the molecule is CCCCOc1ccc(N(c2ccc(C)cc2)c2ccc3c(c2)C(c2cc(C)cc(C)c2)(c2cc(C)cc(C)c2)c2cc(N(c4ccc(C)cc4)c4ccc(OCCCC)cc4)ccc2-3)cc1. The number of hydrogen-bond donors (Lipinski definition) is 0. The first kappa shape index (κ1) is 45.1. The van der Waals surface area contributed by atoms with Gasteiger partial charge in [0.05, 0.1) is 18.6 Å². The van der Waals surface area contributed by atoms with Gasteiger partial charge in [-0.25, -0.2) is 0 Å². The Morgan fingerprint density at radius 3 is 0.985 bits per heavy atom. The van der Waals surface area contributed by atoms with Crippen LogP contribution in [0.3, 0.4) is 0 Å². The Kier molecular flexibility index (Phi) is 13.1. The van der Waals surface area contributed by atoms with Gasteiger partial charge in [0.15, 0.2) is 0 Å². The summed E-state index contributed by atoms with van der Waals surface area (Å²) >= 11 is 0. The van der Waals surface area contributed by atoms with Gasteiger partial charge in [0.2, 0.25) is 0 Å². The van der Waals surface area contributed by atoms with Crippen molar-refractivity contribution < 1.29 is 9.47 Å². The normalized spacial score (nSPS) is 12.4. The zero-order chi connectivity index (χ0) is 46.7. The van der Waals surface area contributed by atoms with E-state index in [2.05, 4.69) is 235 Å². The topological polar surface area (TPSA) is 24.9 Å². The maximum Gasteiger partial charge on any atom is 0.119 e. The predicted molar refractivity (Wildman–Crippen MR) is 282 cm³/mol. The summed E-state index contributed by atoms with van der Waals surface area (Å²) in [6.07, 6.45) is 4.26. The third-order valence-electron chi connectivity index (χ3n) is 13.2. The number of unbranched alkanes of at least 4 members (excludes halogenated alkanes) is 2. The molecular weight excluding hydrogens is 817 g/mol. The number of anilines is 6. The maximum absolute atomic E-state index is 6.15. The number of nitrogens with zero attached hydrogens (tertiary/aromatic N) is 2. The van der Waals surface area contributed by atoms with Gasteiger partial charge in [0.1, 0.15) is 11.5 Å². The average Bonchev–Trinajstić information content (AvgIpc) is 3.61. The van der Waals surface area contributed by atoms with E-state index in [1.54, 1.807) is 0 Å². The highest BCUT2D eigenvalue weighted by Crippen LogP contribution is 2.59. The predicted octanol–water partition coefficient (Wildman–Crippen LogP) is 17.2. The summed E-state index contributed by atoms with van der Waals surface area (Å²) in [7, 11) is 0. The quantitative estimate of drug-likeness (QED) is 0.0903. The average molecular weight is 881 g/mol. The Balaban J connectivity index is 1.30. The van der Waals surface area contributed by atoms with E-state index in [9.17, 15) is 0 Å². The number of fused-ring (bicyclic) bond motifs is 3. The summed E-state index contributed by atoms with van der Waals surface area (Å²) in [6, 6.07) is 63.6. The molecule has 0 saturated carbocycles. The lowest BCUT2D eigenvalue weighted by Crippen LogP contribution is -2.29. The van der Waals surface area contributed by atoms with Gasteiger partial charge >= 0.3 is 0 Å². The molecule has 0 fully saturated rings. The molecule has 1 aliphatic carbocycles. The number of aryl methyl sites for hydroxylation is 6. The van der Waals surface area contributed by atoms with E-state index in [0.29, 0.717) is 13.2 Å². The molecule has 338 valence electrons. The van der Waals surface area contributed by atoms with Gasteiger partial charge in [-0.1, -0.05) is 133 Å². The highest BCUT2D eigenvalue weighted by molar-refractivity contribution is 5.92. The lowest BCUT2D eigenvalue weighted by atomic mass is 9.66. The molecular formula is C63H64N2O2. The van der Waals surface area contributed by atoms with E-state index in [4.69, 9.17) is 9.47 Å². The van der Waals surface area contributed by atoms with Crippen LogP contribution < -0.4 is 19.3 Å². The van der Waals surface area contributed by atoms with Gasteiger partial charge < -0.3 is 19.3 Å². The van der Waals surface area contributed by atoms with Crippen LogP contribution in [-0.4, -0.2) is 13.2 Å². The Morgan fingerprint density at radius 2 is 0.657 bits per heavy atom. The van der Waals surface area contributed by atoms with Crippen molar-refractivity contribution >= 4 is 34.1 Å².